The van der Waals surface area contributed by atoms with Gasteiger partial charge in [0.05, 0.1) is 15.2 Å². The summed E-state index contributed by atoms with van der Waals surface area (Å²) in [5.41, 5.74) is 2.71. The maximum Gasteiger partial charge on any atom is 0.249 e. The van der Waals surface area contributed by atoms with Crippen molar-refractivity contribution in [3.63, 3.8) is 0 Å². The summed E-state index contributed by atoms with van der Waals surface area (Å²) in [6.45, 7) is 1.97. The molecule has 0 aliphatic rings. The Morgan fingerprint density at radius 2 is 2.08 bits per heavy atom. The van der Waals surface area contributed by atoms with E-state index in [0.717, 1.165) is 26.5 Å². The number of hydrogen-bond donors (Lipinski definition) is 1. The van der Waals surface area contributed by atoms with E-state index in [0.29, 0.717) is 6.42 Å². The van der Waals surface area contributed by atoms with Crippen LogP contribution in [0.1, 0.15) is 16.6 Å². The predicted molar refractivity (Wildman–Crippen MR) is 100.0 cm³/mol. The van der Waals surface area contributed by atoms with Gasteiger partial charge in [-0.2, -0.15) is 0 Å². The third-order valence-corrected chi connectivity index (χ3v) is 4.96. The van der Waals surface area contributed by atoms with E-state index in [4.69, 9.17) is 0 Å². The van der Waals surface area contributed by atoms with Gasteiger partial charge in [0.2, 0.25) is 5.91 Å². The number of thiazole rings is 1. The summed E-state index contributed by atoms with van der Waals surface area (Å²) in [4.78, 5) is 17.4. The molecule has 2 aromatic heterocycles. The number of nitrogens with zero attached hydrogens (tertiary/aromatic N) is 5. The van der Waals surface area contributed by atoms with E-state index >= 15 is 0 Å². The Labute approximate surface area is 153 Å². The Hall–Kier alpha value is -3.13. The summed E-state index contributed by atoms with van der Waals surface area (Å²) in [7, 11) is 0. The zero-order chi connectivity index (χ0) is 17.9. The molecule has 0 spiro atoms. The van der Waals surface area contributed by atoms with Crippen LogP contribution in [0.4, 0.5) is 5.69 Å². The van der Waals surface area contributed by atoms with Crippen LogP contribution in [0, 0.1) is 6.92 Å². The van der Waals surface area contributed by atoms with Gasteiger partial charge in [-0.25, -0.2) is 9.67 Å². The number of tetrazole rings is 1. The first kappa shape index (κ1) is 16.3. The minimum Gasteiger partial charge on any atom is -0.324 e. The summed E-state index contributed by atoms with van der Waals surface area (Å²) in [6, 6.07) is 15.0. The summed E-state index contributed by atoms with van der Waals surface area (Å²) >= 11 is 1.60. The second kappa shape index (κ2) is 7.01. The van der Waals surface area contributed by atoms with Gasteiger partial charge < -0.3 is 5.32 Å². The SMILES string of the molecule is Cc1nc2ccc(NC(=O)[C@H](Cc3ccccc3)n3cnnn3)cc2s1. The Morgan fingerprint density at radius 3 is 2.85 bits per heavy atom. The number of fused-ring (bicyclic) bond motifs is 1. The van der Waals surface area contributed by atoms with Crippen molar-refractivity contribution in [1.29, 1.82) is 0 Å². The highest BCUT2D eigenvalue weighted by molar-refractivity contribution is 7.18. The number of carbonyl (C=O) groups is 1. The minimum absolute atomic E-state index is 0.165. The molecule has 130 valence electrons. The topological polar surface area (TPSA) is 85.6 Å². The molecular formula is C18H16N6OS. The molecule has 4 aromatic rings. The van der Waals surface area contributed by atoms with Crippen LogP contribution in [0.25, 0.3) is 10.2 Å². The van der Waals surface area contributed by atoms with Crippen molar-refractivity contribution in [2.75, 3.05) is 5.32 Å². The molecule has 0 aliphatic carbocycles. The molecule has 0 saturated carbocycles. The lowest BCUT2D eigenvalue weighted by Crippen LogP contribution is -2.28. The van der Waals surface area contributed by atoms with Crippen LogP contribution in [0.3, 0.4) is 0 Å². The van der Waals surface area contributed by atoms with E-state index in [1.165, 1.54) is 11.0 Å². The van der Waals surface area contributed by atoms with Gasteiger partial charge in [0.1, 0.15) is 12.4 Å². The van der Waals surface area contributed by atoms with Gasteiger partial charge in [0.15, 0.2) is 0 Å². The highest BCUT2D eigenvalue weighted by Gasteiger charge is 2.22. The van der Waals surface area contributed by atoms with E-state index in [1.807, 2.05) is 55.5 Å². The first-order chi connectivity index (χ1) is 12.7. The molecule has 4 rings (SSSR count). The lowest BCUT2D eigenvalue weighted by molar-refractivity contribution is -0.119. The Bertz CT molecular complexity index is 1030. The van der Waals surface area contributed by atoms with Gasteiger partial charge in [0, 0.05) is 12.1 Å². The van der Waals surface area contributed by atoms with Crippen molar-refractivity contribution < 1.29 is 4.79 Å². The van der Waals surface area contributed by atoms with Gasteiger partial charge in [-0.1, -0.05) is 30.3 Å². The number of anilines is 1. The molecule has 8 heteroatoms. The van der Waals surface area contributed by atoms with E-state index < -0.39 is 6.04 Å². The fraction of sp³-hybridized carbons (Fsp3) is 0.167. The van der Waals surface area contributed by atoms with E-state index in [9.17, 15) is 4.79 Å². The summed E-state index contributed by atoms with van der Waals surface area (Å²) in [6.07, 6.45) is 1.96. The largest absolute Gasteiger partial charge is 0.324 e. The van der Waals surface area contributed by atoms with Crippen molar-refractivity contribution in [3.8, 4) is 0 Å². The lowest BCUT2D eigenvalue weighted by Gasteiger charge is -2.16. The van der Waals surface area contributed by atoms with Crippen molar-refractivity contribution in [2.45, 2.75) is 19.4 Å². The molecular weight excluding hydrogens is 348 g/mol. The number of aryl methyl sites for hydroxylation is 1. The first-order valence-corrected chi connectivity index (χ1v) is 8.95. The number of amides is 1. The maximum absolute atomic E-state index is 12.9. The number of carbonyl (C=O) groups excluding carboxylic acids is 1. The summed E-state index contributed by atoms with van der Waals surface area (Å²) in [5, 5.41) is 15.2. The number of rotatable bonds is 5. The van der Waals surface area contributed by atoms with Crippen LogP contribution < -0.4 is 5.32 Å². The minimum atomic E-state index is -0.536. The van der Waals surface area contributed by atoms with Crippen LogP contribution in [-0.2, 0) is 11.2 Å². The highest BCUT2D eigenvalue weighted by Crippen LogP contribution is 2.25. The molecule has 1 atom stereocenters. The Morgan fingerprint density at radius 1 is 1.23 bits per heavy atom. The van der Waals surface area contributed by atoms with Gasteiger partial charge in [-0.05, 0) is 41.1 Å². The zero-order valence-corrected chi connectivity index (χ0v) is 14.8. The standard InChI is InChI=1S/C18H16N6OS/c1-12-20-15-8-7-14(10-17(15)26-12)21-18(25)16(24-11-19-22-23-24)9-13-5-3-2-4-6-13/h2-8,10-11,16H,9H2,1H3,(H,21,25)/t16-/m0/s1. The molecule has 2 aromatic carbocycles. The fourth-order valence-corrected chi connectivity index (χ4v) is 3.66. The van der Waals surface area contributed by atoms with E-state index in [-0.39, 0.29) is 5.91 Å². The quantitative estimate of drug-likeness (QED) is 0.588. The van der Waals surface area contributed by atoms with Crippen LogP contribution >= 0.6 is 11.3 Å². The molecule has 0 fully saturated rings. The number of hydrogen-bond acceptors (Lipinski definition) is 6. The zero-order valence-electron chi connectivity index (χ0n) is 14.0. The Balaban J connectivity index is 1.59. The van der Waals surface area contributed by atoms with Gasteiger partial charge in [-0.3, -0.25) is 4.79 Å². The van der Waals surface area contributed by atoms with Gasteiger partial charge >= 0.3 is 0 Å². The second-order valence-corrected chi connectivity index (χ2v) is 7.13. The normalized spacial score (nSPS) is 12.2. The van der Waals surface area contributed by atoms with Crippen molar-refractivity contribution >= 4 is 33.1 Å². The molecule has 0 aliphatic heterocycles. The average molecular weight is 364 g/mol. The van der Waals surface area contributed by atoms with Crippen molar-refractivity contribution in [3.05, 3.63) is 65.4 Å². The molecule has 0 saturated heterocycles. The van der Waals surface area contributed by atoms with Crippen LogP contribution in [-0.4, -0.2) is 31.1 Å². The molecule has 1 amide bonds. The number of nitrogens with one attached hydrogen (secondary N) is 1. The third-order valence-electron chi connectivity index (χ3n) is 4.02. The van der Waals surface area contributed by atoms with Gasteiger partial charge in [0.25, 0.3) is 0 Å². The fourth-order valence-electron chi connectivity index (χ4n) is 2.80. The lowest BCUT2D eigenvalue weighted by atomic mass is 10.1. The third kappa shape index (κ3) is 3.45. The number of aromatic nitrogens is 5. The predicted octanol–water partition coefficient (Wildman–Crippen LogP) is 3.01. The van der Waals surface area contributed by atoms with Crippen LogP contribution in [0.15, 0.2) is 54.9 Å². The first-order valence-electron chi connectivity index (χ1n) is 8.13. The van der Waals surface area contributed by atoms with Crippen molar-refractivity contribution in [2.24, 2.45) is 0 Å². The van der Waals surface area contributed by atoms with Gasteiger partial charge in [-0.15, -0.1) is 16.4 Å². The summed E-state index contributed by atoms with van der Waals surface area (Å²) in [5.74, 6) is -0.165. The molecule has 0 unspecified atom stereocenters. The maximum atomic E-state index is 12.9. The highest BCUT2D eigenvalue weighted by atomic mass is 32.1. The molecule has 1 N–H and O–H groups in total. The summed E-state index contributed by atoms with van der Waals surface area (Å²) < 4.78 is 2.53. The molecule has 26 heavy (non-hydrogen) atoms. The van der Waals surface area contributed by atoms with Crippen LogP contribution in [0.2, 0.25) is 0 Å². The monoisotopic (exact) mass is 364 g/mol. The smallest absolute Gasteiger partial charge is 0.249 e. The molecule has 0 radical (unpaired) electrons. The molecule has 2 heterocycles. The van der Waals surface area contributed by atoms with Crippen LogP contribution in [0.5, 0.6) is 0 Å². The van der Waals surface area contributed by atoms with E-state index in [1.54, 1.807) is 11.3 Å². The second-order valence-electron chi connectivity index (χ2n) is 5.90. The average Bonchev–Trinajstić information content (AvgIpc) is 3.29. The number of benzene rings is 2. The van der Waals surface area contributed by atoms with E-state index in [2.05, 4.69) is 25.8 Å². The Kier molecular flexibility index (Phi) is 4.40. The van der Waals surface area contributed by atoms with Crippen molar-refractivity contribution in [1.82, 2.24) is 25.2 Å². The molecule has 7 nitrogen and oxygen atoms in total. The molecule has 0 bridgehead atoms.